The molecule has 12 aliphatic rings. The number of allylic oxidation sites excluding steroid dienone is 4. The van der Waals surface area contributed by atoms with Crippen LogP contribution in [-0.2, 0) is 20.5 Å². The molecule has 1 aromatic carbocycles. The first kappa shape index (κ1) is 44.8. The molecule has 11 aliphatic carbocycles. The number of carbonyl (C=O) groups excluding carboxylic acids is 3. The van der Waals surface area contributed by atoms with Gasteiger partial charge in [0.05, 0.1) is 34.3 Å². The van der Waals surface area contributed by atoms with Crippen molar-refractivity contribution in [2.24, 2.45) is 67.5 Å². The van der Waals surface area contributed by atoms with Crippen molar-refractivity contribution >= 4 is 29.3 Å². The summed E-state index contributed by atoms with van der Waals surface area (Å²) in [4.78, 5) is 46.9. The van der Waals surface area contributed by atoms with Crippen molar-refractivity contribution < 1.29 is 46.9 Å². The van der Waals surface area contributed by atoms with Gasteiger partial charge >= 0.3 is 12.1 Å². The predicted octanol–water partition coefficient (Wildman–Crippen LogP) is 11.6. The fraction of sp³-hybridized carbons (Fsp3) is 0.691. The number of hydrogen-bond acceptors (Lipinski definition) is 7. The third-order valence-corrected chi connectivity index (χ3v) is 22.5. The zero-order valence-electron chi connectivity index (χ0n) is 39.5. The summed E-state index contributed by atoms with van der Waals surface area (Å²) in [6.45, 7) is 11.1. The summed E-state index contributed by atoms with van der Waals surface area (Å²) >= 11 is 6.47. The lowest BCUT2D eigenvalue weighted by Crippen LogP contribution is -2.68. The number of carbonyl (C=O) groups is 3. The number of rotatable bonds is 8. The number of ketones is 1. The molecule has 1 aliphatic heterocycles. The molecule has 2 heterocycles. The lowest BCUT2D eigenvalue weighted by molar-refractivity contribution is -0.191. The van der Waals surface area contributed by atoms with Crippen molar-refractivity contribution in [1.29, 1.82) is 0 Å². The molecule has 8 saturated carbocycles. The minimum atomic E-state index is -4.61. The van der Waals surface area contributed by atoms with E-state index < -0.39 is 56.1 Å². The maximum Gasteiger partial charge on any atom is 0.416 e. The van der Waals surface area contributed by atoms with E-state index in [4.69, 9.17) is 20.8 Å². The molecule has 12 heteroatoms. The average Bonchev–Trinajstić information content (AvgIpc) is 3.94. The molecule has 9 fully saturated rings. The summed E-state index contributed by atoms with van der Waals surface area (Å²) in [6, 6.07) is 6.06. The molecule has 10 atom stereocenters. The Morgan fingerprint density at radius 2 is 1.48 bits per heavy atom. The van der Waals surface area contributed by atoms with Crippen molar-refractivity contribution in [1.82, 2.24) is 4.90 Å². The number of Topliss-reactive ketones (excluding diaryl/α,β-unsaturated/α-hetero) is 1. The van der Waals surface area contributed by atoms with E-state index in [1.54, 1.807) is 0 Å². The van der Waals surface area contributed by atoms with Crippen LogP contribution in [0.4, 0.5) is 13.2 Å². The minimum Gasteiger partial charge on any atom is -0.453 e. The van der Waals surface area contributed by atoms with Crippen LogP contribution in [0.3, 0.4) is 0 Å². The Bertz CT molecular complexity index is 2550. The summed E-state index contributed by atoms with van der Waals surface area (Å²) in [5.41, 5.74) is -7.11. The summed E-state index contributed by atoms with van der Waals surface area (Å²) in [5, 5.41) is 25.1. The van der Waals surface area contributed by atoms with Crippen molar-refractivity contribution in [2.45, 2.75) is 154 Å². The third-order valence-electron chi connectivity index (χ3n) is 22.2. The molecule has 67 heavy (non-hydrogen) atoms. The Hall–Kier alpha value is -3.41. The van der Waals surface area contributed by atoms with Gasteiger partial charge in [-0.25, -0.2) is 0 Å². The van der Waals surface area contributed by atoms with Crippen molar-refractivity contribution in [2.75, 3.05) is 13.1 Å². The van der Waals surface area contributed by atoms with Crippen LogP contribution in [0.15, 0.2) is 58.6 Å². The number of aliphatic hydroxyl groups excluding tert-OH is 1. The summed E-state index contributed by atoms with van der Waals surface area (Å²) in [5.74, 6) is 0.885. The molecule has 8 nitrogen and oxygen atoms in total. The van der Waals surface area contributed by atoms with Gasteiger partial charge in [0.1, 0.15) is 5.76 Å². The van der Waals surface area contributed by atoms with Gasteiger partial charge in [0.2, 0.25) is 5.78 Å². The third kappa shape index (κ3) is 5.60. The van der Waals surface area contributed by atoms with Gasteiger partial charge in [-0.05, 0) is 174 Å². The SMILES string of the molecule is CC1(C)[C@@]2(C)CC[C@]1(C(=O)N(CC13CC4CC(CC(C4)C1)C3)C[C@]1(O)CC[C@H]3[C@]45C=C[C@@]6(C=C4C(=O)c4ccc(-c7cc(C(F)(F)F)ccc7Cl)o4)CC(O)CC[C@]6(C)[C@H]5CC[C@@]31C)OC2=O. The molecular weight excluding hydrogens is 879 g/mol. The van der Waals surface area contributed by atoms with Crippen LogP contribution < -0.4 is 0 Å². The number of fused-ring (bicyclic) bond motifs is 3. The molecule has 2 aromatic rings. The van der Waals surface area contributed by atoms with E-state index in [0.717, 1.165) is 37.8 Å². The van der Waals surface area contributed by atoms with Gasteiger partial charge in [-0.15, -0.1) is 0 Å². The number of aliphatic hydroxyl groups is 2. The number of nitrogens with zero attached hydrogens (tertiary/aromatic N) is 1. The summed E-state index contributed by atoms with van der Waals surface area (Å²) < 4.78 is 54.1. The van der Waals surface area contributed by atoms with Crippen LogP contribution >= 0.6 is 11.6 Å². The second-order valence-corrected chi connectivity index (χ2v) is 25.7. The van der Waals surface area contributed by atoms with Gasteiger partial charge in [0.15, 0.2) is 11.4 Å². The summed E-state index contributed by atoms with van der Waals surface area (Å²) in [6.07, 6.45) is 13.6. The van der Waals surface area contributed by atoms with Crippen LogP contribution in [0.5, 0.6) is 0 Å². The highest BCUT2D eigenvalue weighted by atomic mass is 35.5. The first-order valence-corrected chi connectivity index (χ1v) is 25.6. The van der Waals surface area contributed by atoms with Crippen LogP contribution in [0, 0.1) is 67.5 Å². The van der Waals surface area contributed by atoms with E-state index in [1.165, 1.54) is 37.5 Å². The minimum absolute atomic E-state index is 0.0114. The molecule has 1 unspecified atom stereocenters. The van der Waals surface area contributed by atoms with E-state index in [-0.39, 0.29) is 69.0 Å². The fourth-order valence-electron chi connectivity index (χ4n) is 18.6. The largest absolute Gasteiger partial charge is 0.453 e. The van der Waals surface area contributed by atoms with Crippen LogP contribution in [0.25, 0.3) is 11.3 Å². The normalized spacial score (nSPS) is 46.0. The molecule has 0 radical (unpaired) electrons. The van der Waals surface area contributed by atoms with Gasteiger partial charge in [0.25, 0.3) is 5.91 Å². The lowest BCUT2D eigenvalue weighted by atomic mass is 9.32. The molecular formula is C55H65ClF3NO7. The fourth-order valence-corrected chi connectivity index (χ4v) is 18.8. The van der Waals surface area contributed by atoms with E-state index in [2.05, 4.69) is 32.1 Å². The Balaban J connectivity index is 0.936. The van der Waals surface area contributed by atoms with E-state index >= 15 is 9.59 Å². The van der Waals surface area contributed by atoms with Crippen LogP contribution in [0.2, 0.25) is 5.02 Å². The highest BCUT2D eigenvalue weighted by Gasteiger charge is 2.78. The average molecular weight is 945 g/mol. The maximum absolute atomic E-state index is 15.8. The number of halogens is 4. The van der Waals surface area contributed by atoms with Crippen molar-refractivity contribution in [3.63, 3.8) is 0 Å². The second-order valence-electron chi connectivity index (χ2n) is 25.2. The number of alkyl halides is 3. The number of furan rings is 1. The molecule has 1 aromatic heterocycles. The Kier molecular flexibility index (Phi) is 9.16. The molecule has 14 rings (SSSR count). The molecule has 2 N–H and O–H groups in total. The number of hydrogen-bond donors (Lipinski definition) is 2. The Labute approximate surface area is 396 Å². The first-order chi connectivity index (χ1) is 31.4. The smallest absolute Gasteiger partial charge is 0.416 e. The predicted molar refractivity (Wildman–Crippen MR) is 244 cm³/mol. The monoisotopic (exact) mass is 943 g/mol. The summed E-state index contributed by atoms with van der Waals surface area (Å²) in [7, 11) is 0. The van der Waals surface area contributed by atoms with E-state index in [0.29, 0.717) is 81.2 Å². The van der Waals surface area contributed by atoms with Crippen LogP contribution in [-0.4, -0.2) is 63.2 Å². The Morgan fingerprint density at radius 1 is 0.821 bits per heavy atom. The number of amides is 1. The number of benzene rings is 1. The Morgan fingerprint density at radius 3 is 2.12 bits per heavy atom. The number of esters is 1. The van der Waals surface area contributed by atoms with Gasteiger partial charge in [-0.2, -0.15) is 13.2 Å². The molecule has 2 spiro atoms. The zero-order valence-corrected chi connectivity index (χ0v) is 40.3. The number of ether oxygens (including phenoxy) is 1. The molecule has 360 valence electrons. The standard InChI is InChI=1S/C55H65ClF3NO7/c1-46(2)49(5)16-19-54(46,67-45(49)64)44(63)60(29-50-24-31-20-32(25-50)22-33(21-31)26-50)30-52(65)15-12-42-48(52,4)14-11-41-47(3)13-10-35(61)27-51(47)17-18-53(41,42)37(28-51)43(62)40-9-8-39(66-40)36-23-34(55(57,58)59)6-7-38(36)56/h6-9,17-18,23,28,31-33,35,41-42,61,65H,10-16,19-22,24-27,29-30H2,1-5H3/t31?,32?,33?,35?,41-,42-,47-,48+,49+,50?,51+,52-,53-,54-/m1/s1. The van der Waals surface area contributed by atoms with Gasteiger partial charge < -0.3 is 24.3 Å². The van der Waals surface area contributed by atoms with Crippen molar-refractivity contribution in [3.05, 3.63) is 70.5 Å². The second kappa shape index (κ2) is 13.7. The van der Waals surface area contributed by atoms with E-state index in [1.807, 2.05) is 25.7 Å². The lowest BCUT2D eigenvalue weighted by Gasteiger charge is -2.71. The van der Waals surface area contributed by atoms with Gasteiger partial charge in [-0.1, -0.05) is 57.5 Å². The molecule has 8 bridgehead atoms. The van der Waals surface area contributed by atoms with Crippen LogP contribution in [0.1, 0.15) is 147 Å². The highest BCUT2D eigenvalue weighted by molar-refractivity contribution is 6.33. The quantitative estimate of drug-likeness (QED) is 0.154. The maximum atomic E-state index is 15.8. The van der Waals surface area contributed by atoms with Gasteiger partial charge in [-0.3, -0.25) is 14.4 Å². The molecule has 1 saturated heterocycles. The van der Waals surface area contributed by atoms with Crippen molar-refractivity contribution in [3.8, 4) is 11.3 Å². The topological polar surface area (TPSA) is 117 Å². The highest BCUT2D eigenvalue weighted by Crippen LogP contribution is 2.79. The first-order valence-electron chi connectivity index (χ1n) is 25.3. The molecule has 1 amide bonds. The van der Waals surface area contributed by atoms with Gasteiger partial charge in [0, 0.05) is 39.3 Å². The zero-order chi connectivity index (χ0) is 47.3. The van der Waals surface area contributed by atoms with E-state index in [9.17, 15) is 28.2 Å².